The highest BCUT2D eigenvalue weighted by molar-refractivity contribution is 5.66. The standard InChI is InChI=1S/C14H18N4O5/c1-7(19)22-5-14(2)12(21)10(20)11(23-14)8-3-4-9-13(15)16-6-17-18(8)9/h3-4,6,10-12,20-21H,5H2,1-2H3,(H2,15,16,17)/t10-,11-,12-,14+/m0/s1. The maximum atomic E-state index is 11.0. The van der Waals surface area contributed by atoms with Gasteiger partial charge in [-0.2, -0.15) is 5.10 Å². The van der Waals surface area contributed by atoms with Crippen molar-refractivity contribution in [1.82, 2.24) is 14.6 Å². The highest BCUT2D eigenvalue weighted by Crippen LogP contribution is 2.40. The van der Waals surface area contributed by atoms with Gasteiger partial charge in [0.25, 0.3) is 0 Å². The summed E-state index contributed by atoms with van der Waals surface area (Å²) in [4.78, 5) is 14.9. The Kier molecular flexibility index (Phi) is 3.71. The molecule has 0 saturated carbocycles. The molecule has 9 heteroatoms. The van der Waals surface area contributed by atoms with Crippen molar-refractivity contribution in [3.63, 3.8) is 0 Å². The molecule has 0 aliphatic carbocycles. The van der Waals surface area contributed by atoms with Gasteiger partial charge in [0.05, 0.1) is 5.69 Å². The van der Waals surface area contributed by atoms with Crippen molar-refractivity contribution >= 4 is 17.3 Å². The van der Waals surface area contributed by atoms with Gasteiger partial charge in [0, 0.05) is 6.92 Å². The first-order valence-corrected chi connectivity index (χ1v) is 7.09. The largest absolute Gasteiger partial charge is 0.463 e. The average molecular weight is 322 g/mol. The molecule has 9 nitrogen and oxygen atoms in total. The van der Waals surface area contributed by atoms with Gasteiger partial charge in [0.15, 0.2) is 5.82 Å². The molecule has 2 aromatic heterocycles. The number of carbonyl (C=O) groups excluding carboxylic acids is 1. The summed E-state index contributed by atoms with van der Waals surface area (Å²) in [6, 6.07) is 3.40. The SMILES string of the molecule is CC(=O)OC[C@@]1(C)O[C@@H](c2ccc3c(N)ncnn23)[C@H](O)[C@@H]1O. The third kappa shape index (κ3) is 2.52. The van der Waals surface area contributed by atoms with Crippen molar-refractivity contribution < 1.29 is 24.5 Å². The highest BCUT2D eigenvalue weighted by Gasteiger charge is 2.53. The van der Waals surface area contributed by atoms with Crippen LogP contribution in [0, 0.1) is 0 Å². The van der Waals surface area contributed by atoms with Crippen molar-refractivity contribution in [2.75, 3.05) is 12.3 Å². The van der Waals surface area contributed by atoms with Crippen LogP contribution in [0.5, 0.6) is 0 Å². The molecule has 1 aliphatic rings. The number of hydrogen-bond acceptors (Lipinski definition) is 8. The van der Waals surface area contributed by atoms with E-state index in [1.165, 1.54) is 17.8 Å². The lowest BCUT2D eigenvalue weighted by molar-refractivity contribution is -0.157. The number of aromatic nitrogens is 3. The first-order valence-electron chi connectivity index (χ1n) is 7.09. The summed E-state index contributed by atoms with van der Waals surface area (Å²) in [5, 5.41) is 24.7. The first kappa shape index (κ1) is 15.7. The second-order valence-corrected chi connectivity index (χ2v) is 5.77. The molecular weight excluding hydrogens is 304 g/mol. The van der Waals surface area contributed by atoms with E-state index < -0.39 is 29.9 Å². The van der Waals surface area contributed by atoms with E-state index in [0.717, 1.165) is 0 Å². The van der Waals surface area contributed by atoms with Crippen LogP contribution in [0.3, 0.4) is 0 Å². The molecule has 0 aromatic carbocycles. The van der Waals surface area contributed by atoms with Gasteiger partial charge in [-0.05, 0) is 19.1 Å². The molecule has 3 rings (SSSR count). The molecule has 3 heterocycles. The van der Waals surface area contributed by atoms with Gasteiger partial charge in [-0.15, -0.1) is 0 Å². The quantitative estimate of drug-likeness (QED) is 0.640. The fraction of sp³-hybridized carbons (Fsp3) is 0.500. The zero-order valence-electron chi connectivity index (χ0n) is 12.7. The van der Waals surface area contributed by atoms with Gasteiger partial charge >= 0.3 is 5.97 Å². The minimum absolute atomic E-state index is 0.169. The molecule has 0 bridgehead atoms. The number of rotatable bonds is 3. The number of nitrogens with two attached hydrogens (primary N) is 1. The van der Waals surface area contributed by atoms with E-state index in [-0.39, 0.29) is 6.61 Å². The van der Waals surface area contributed by atoms with E-state index in [1.54, 1.807) is 19.1 Å². The summed E-state index contributed by atoms with van der Waals surface area (Å²) in [5.41, 5.74) is 5.65. The summed E-state index contributed by atoms with van der Waals surface area (Å²) in [6.45, 7) is 2.67. The monoisotopic (exact) mass is 322 g/mol. The third-order valence-electron chi connectivity index (χ3n) is 4.02. The maximum Gasteiger partial charge on any atom is 0.302 e. The van der Waals surface area contributed by atoms with Gasteiger partial charge in [0.1, 0.15) is 42.4 Å². The molecule has 124 valence electrons. The molecule has 0 amide bonds. The normalized spacial score (nSPS) is 30.7. The molecule has 4 atom stereocenters. The first-order chi connectivity index (χ1) is 10.8. The van der Waals surface area contributed by atoms with Crippen LogP contribution in [0.2, 0.25) is 0 Å². The number of aliphatic hydroxyl groups excluding tert-OH is 2. The molecule has 4 N–H and O–H groups in total. The number of nitrogens with zero attached hydrogens (tertiary/aromatic N) is 3. The summed E-state index contributed by atoms with van der Waals surface area (Å²) in [6.07, 6.45) is -1.98. The van der Waals surface area contributed by atoms with Crippen LogP contribution in [0.4, 0.5) is 5.82 Å². The van der Waals surface area contributed by atoms with Crippen LogP contribution in [-0.4, -0.2) is 55.2 Å². The zero-order valence-corrected chi connectivity index (χ0v) is 12.7. The lowest BCUT2D eigenvalue weighted by Crippen LogP contribution is -2.44. The Bertz CT molecular complexity index is 748. The smallest absolute Gasteiger partial charge is 0.302 e. The number of carbonyl (C=O) groups is 1. The summed E-state index contributed by atoms with van der Waals surface area (Å²) in [7, 11) is 0. The average Bonchev–Trinajstić information content (AvgIpc) is 3.02. The van der Waals surface area contributed by atoms with Crippen molar-refractivity contribution in [1.29, 1.82) is 0 Å². The number of esters is 1. The summed E-state index contributed by atoms with van der Waals surface area (Å²) in [5.74, 6) is -0.199. The molecule has 1 saturated heterocycles. The van der Waals surface area contributed by atoms with Gasteiger partial charge in [0.2, 0.25) is 0 Å². The van der Waals surface area contributed by atoms with Crippen LogP contribution in [-0.2, 0) is 14.3 Å². The number of hydrogen-bond donors (Lipinski definition) is 3. The minimum atomic E-state index is -1.23. The van der Waals surface area contributed by atoms with Gasteiger partial charge in [-0.25, -0.2) is 9.50 Å². The van der Waals surface area contributed by atoms with Crippen LogP contribution < -0.4 is 5.73 Å². The predicted octanol–water partition coefficient (Wildman–Crippen LogP) is -0.574. The lowest BCUT2D eigenvalue weighted by atomic mass is 9.97. The molecule has 0 unspecified atom stereocenters. The lowest BCUT2D eigenvalue weighted by Gasteiger charge is -2.26. The van der Waals surface area contributed by atoms with E-state index >= 15 is 0 Å². The Morgan fingerprint density at radius 2 is 2.26 bits per heavy atom. The van der Waals surface area contributed by atoms with Crippen LogP contribution >= 0.6 is 0 Å². The van der Waals surface area contributed by atoms with E-state index in [9.17, 15) is 15.0 Å². The zero-order chi connectivity index (χ0) is 16.8. The van der Waals surface area contributed by atoms with Crippen molar-refractivity contribution in [2.45, 2.75) is 37.8 Å². The van der Waals surface area contributed by atoms with Gasteiger partial charge in [-0.3, -0.25) is 4.79 Å². The molecule has 23 heavy (non-hydrogen) atoms. The predicted molar refractivity (Wildman–Crippen MR) is 78.3 cm³/mol. The second kappa shape index (κ2) is 5.44. The maximum absolute atomic E-state index is 11.0. The number of ether oxygens (including phenoxy) is 2. The molecule has 0 radical (unpaired) electrons. The van der Waals surface area contributed by atoms with E-state index in [2.05, 4.69) is 10.1 Å². The fourth-order valence-electron chi connectivity index (χ4n) is 2.74. The fourth-order valence-corrected chi connectivity index (χ4v) is 2.74. The number of fused-ring (bicyclic) bond motifs is 1. The molecule has 1 aliphatic heterocycles. The van der Waals surface area contributed by atoms with Crippen molar-refractivity contribution in [3.05, 3.63) is 24.2 Å². The Balaban J connectivity index is 1.94. The second-order valence-electron chi connectivity index (χ2n) is 5.77. The Morgan fingerprint density at radius 3 is 2.96 bits per heavy atom. The van der Waals surface area contributed by atoms with Gasteiger partial charge < -0.3 is 25.4 Å². The molecule has 1 fully saturated rings. The topological polar surface area (TPSA) is 132 Å². The van der Waals surface area contributed by atoms with E-state index in [0.29, 0.717) is 17.0 Å². The van der Waals surface area contributed by atoms with Crippen LogP contribution in [0.25, 0.3) is 5.52 Å². The molecule has 0 spiro atoms. The van der Waals surface area contributed by atoms with Crippen LogP contribution in [0.1, 0.15) is 25.6 Å². The number of anilines is 1. The third-order valence-corrected chi connectivity index (χ3v) is 4.02. The summed E-state index contributed by atoms with van der Waals surface area (Å²) >= 11 is 0. The van der Waals surface area contributed by atoms with Gasteiger partial charge in [-0.1, -0.05) is 0 Å². The Morgan fingerprint density at radius 1 is 1.52 bits per heavy atom. The van der Waals surface area contributed by atoms with Crippen LogP contribution in [0.15, 0.2) is 18.5 Å². The number of aliphatic hydroxyl groups is 2. The summed E-state index contributed by atoms with van der Waals surface area (Å²) < 4.78 is 12.2. The molecular formula is C14H18N4O5. The van der Waals surface area contributed by atoms with Crippen molar-refractivity contribution in [2.24, 2.45) is 0 Å². The highest BCUT2D eigenvalue weighted by atomic mass is 16.6. The van der Waals surface area contributed by atoms with E-state index in [1.807, 2.05) is 0 Å². The number of nitrogen functional groups attached to an aromatic ring is 1. The Hall–Kier alpha value is -2.23. The minimum Gasteiger partial charge on any atom is -0.463 e. The molecule has 2 aromatic rings. The van der Waals surface area contributed by atoms with Crippen molar-refractivity contribution in [3.8, 4) is 0 Å². The Labute approximate surface area is 131 Å². The van der Waals surface area contributed by atoms with E-state index in [4.69, 9.17) is 15.2 Å².